The topological polar surface area (TPSA) is 62.6 Å². The number of furan rings is 1. The number of hydrogen-bond acceptors (Lipinski definition) is 4. The molecule has 0 radical (unpaired) electrons. The maximum absolute atomic E-state index is 12.9. The standard InChI is InChI=1S/C15H24N2O3S/c1-6-9-17(10-7-2)21(18,19)15-13(5)20-12(4)14(15)11-16-8-3/h6-7,16H,1-2,8-11H2,3-5H3. The Balaban J connectivity index is 3.34. The molecule has 0 aliphatic heterocycles. The van der Waals surface area contributed by atoms with Crippen LogP contribution in [0.25, 0.3) is 0 Å². The van der Waals surface area contributed by atoms with Gasteiger partial charge < -0.3 is 9.73 Å². The molecule has 1 aromatic heterocycles. The fourth-order valence-electron chi connectivity index (χ4n) is 2.19. The molecular formula is C15H24N2O3S. The molecule has 1 N–H and O–H groups in total. The van der Waals surface area contributed by atoms with Crippen molar-refractivity contribution in [3.63, 3.8) is 0 Å². The molecule has 1 aromatic rings. The van der Waals surface area contributed by atoms with E-state index in [0.29, 0.717) is 23.6 Å². The largest absolute Gasteiger partial charge is 0.465 e. The van der Waals surface area contributed by atoms with Crippen molar-refractivity contribution in [1.29, 1.82) is 0 Å². The molecule has 0 atom stereocenters. The van der Waals surface area contributed by atoms with Crippen LogP contribution in [-0.4, -0.2) is 32.4 Å². The zero-order valence-corrected chi connectivity index (χ0v) is 13.8. The maximum atomic E-state index is 12.9. The Bertz CT molecular complexity index is 593. The Kier molecular flexibility index (Phi) is 6.39. The molecular weight excluding hydrogens is 288 g/mol. The molecule has 0 aliphatic rings. The predicted octanol–water partition coefficient (Wildman–Crippen LogP) is 2.37. The minimum Gasteiger partial charge on any atom is -0.465 e. The SMILES string of the molecule is C=CCN(CC=C)S(=O)(=O)c1c(C)oc(C)c1CNCC. The zero-order valence-electron chi connectivity index (χ0n) is 13.0. The molecule has 0 aromatic carbocycles. The van der Waals surface area contributed by atoms with Gasteiger partial charge in [-0.05, 0) is 20.4 Å². The highest BCUT2D eigenvalue weighted by Gasteiger charge is 2.31. The second kappa shape index (κ2) is 7.59. The molecule has 0 saturated heterocycles. The zero-order chi connectivity index (χ0) is 16.0. The van der Waals surface area contributed by atoms with Gasteiger partial charge in [-0.3, -0.25) is 0 Å². The van der Waals surface area contributed by atoms with Crippen LogP contribution >= 0.6 is 0 Å². The first-order valence-electron chi connectivity index (χ1n) is 6.91. The summed E-state index contributed by atoms with van der Waals surface area (Å²) in [5.74, 6) is 1.04. The third kappa shape index (κ3) is 3.84. The van der Waals surface area contributed by atoms with Gasteiger partial charge in [0.1, 0.15) is 16.4 Å². The number of nitrogens with one attached hydrogen (secondary N) is 1. The van der Waals surface area contributed by atoms with Gasteiger partial charge in [0.25, 0.3) is 0 Å². The van der Waals surface area contributed by atoms with Gasteiger partial charge in [0.05, 0.1) is 0 Å². The molecule has 1 heterocycles. The van der Waals surface area contributed by atoms with Crippen molar-refractivity contribution in [2.75, 3.05) is 19.6 Å². The summed E-state index contributed by atoms with van der Waals surface area (Å²) in [5, 5.41) is 3.15. The summed E-state index contributed by atoms with van der Waals surface area (Å²) in [7, 11) is -3.64. The van der Waals surface area contributed by atoms with E-state index in [9.17, 15) is 8.42 Å². The summed E-state index contributed by atoms with van der Waals surface area (Å²) >= 11 is 0. The smallest absolute Gasteiger partial charge is 0.247 e. The molecule has 118 valence electrons. The third-order valence-electron chi connectivity index (χ3n) is 3.14. The Labute approximate surface area is 127 Å². The molecule has 0 bridgehead atoms. The highest BCUT2D eigenvalue weighted by Crippen LogP contribution is 2.29. The van der Waals surface area contributed by atoms with Crippen LogP contribution in [0, 0.1) is 13.8 Å². The molecule has 1 rings (SSSR count). The van der Waals surface area contributed by atoms with Crippen molar-refractivity contribution in [2.24, 2.45) is 0 Å². The summed E-state index contributed by atoms with van der Waals surface area (Å²) in [6.45, 7) is 14.3. The van der Waals surface area contributed by atoms with E-state index < -0.39 is 10.0 Å². The van der Waals surface area contributed by atoms with Gasteiger partial charge in [-0.1, -0.05) is 19.1 Å². The van der Waals surface area contributed by atoms with Gasteiger partial charge in [-0.25, -0.2) is 8.42 Å². The van der Waals surface area contributed by atoms with E-state index >= 15 is 0 Å². The van der Waals surface area contributed by atoms with E-state index in [1.165, 1.54) is 4.31 Å². The quantitative estimate of drug-likeness (QED) is 0.711. The van der Waals surface area contributed by atoms with E-state index in [-0.39, 0.29) is 18.0 Å². The second-order valence-electron chi connectivity index (χ2n) is 4.70. The average Bonchev–Trinajstić information content (AvgIpc) is 2.70. The summed E-state index contributed by atoms with van der Waals surface area (Å²) < 4.78 is 32.6. The second-order valence-corrected chi connectivity index (χ2v) is 6.58. The van der Waals surface area contributed by atoms with E-state index in [0.717, 1.165) is 6.54 Å². The normalized spacial score (nSPS) is 11.8. The van der Waals surface area contributed by atoms with Crippen LogP contribution in [0.1, 0.15) is 24.0 Å². The average molecular weight is 312 g/mol. The first-order valence-corrected chi connectivity index (χ1v) is 8.35. The van der Waals surface area contributed by atoms with Crippen LogP contribution in [-0.2, 0) is 16.6 Å². The minimum absolute atomic E-state index is 0.235. The van der Waals surface area contributed by atoms with Crippen LogP contribution in [0.3, 0.4) is 0 Å². The molecule has 0 aliphatic carbocycles. The van der Waals surface area contributed by atoms with Crippen molar-refractivity contribution in [1.82, 2.24) is 9.62 Å². The highest BCUT2D eigenvalue weighted by atomic mass is 32.2. The molecule has 0 spiro atoms. The summed E-state index contributed by atoms with van der Waals surface area (Å²) in [4.78, 5) is 0.254. The summed E-state index contributed by atoms with van der Waals surface area (Å²) in [5.41, 5.74) is 0.687. The Hall–Kier alpha value is -1.37. The molecule has 5 nitrogen and oxygen atoms in total. The summed E-state index contributed by atoms with van der Waals surface area (Å²) in [6, 6.07) is 0. The van der Waals surface area contributed by atoms with Crippen molar-refractivity contribution in [3.05, 3.63) is 42.4 Å². The van der Waals surface area contributed by atoms with Crippen LogP contribution in [0.5, 0.6) is 0 Å². The van der Waals surface area contributed by atoms with Crippen molar-refractivity contribution in [3.8, 4) is 0 Å². The molecule has 0 amide bonds. The molecule has 21 heavy (non-hydrogen) atoms. The molecule has 0 unspecified atom stereocenters. The minimum atomic E-state index is -3.64. The van der Waals surface area contributed by atoms with E-state index in [4.69, 9.17) is 4.42 Å². The van der Waals surface area contributed by atoms with Gasteiger partial charge in [0.2, 0.25) is 10.0 Å². The maximum Gasteiger partial charge on any atom is 0.247 e. The van der Waals surface area contributed by atoms with E-state index in [2.05, 4.69) is 18.5 Å². The van der Waals surface area contributed by atoms with Gasteiger partial charge >= 0.3 is 0 Å². The number of sulfonamides is 1. The fraction of sp³-hybridized carbons (Fsp3) is 0.467. The van der Waals surface area contributed by atoms with E-state index in [1.807, 2.05) is 6.92 Å². The highest BCUT2D eigenvalue weighted by molar-refractivity contribution is 7.89. The van der Waals surface area contributed by atoms with Gasteiger partial charge in [0.15, 0.2) is 0 Å². The van der Waals surface area contributed by atoms with Gasteiger partial charge in [-0.15, -0.1) is 13.2 Å². The Morgan fingerprint density at radius 1 is 1.19 bits per heavy atom. The van der Waals surface area contributed by atoms with Crippen LogP contribution in [0.15, 0.2) is 34.6 Å². The van der Waals surface area contributed by atoms with Crippen molar-refractivity contribution < 1.29 is 12.8 Å². The number of nitrogens with zero attached hydrogens (tertiary/aromatic N) is 1. The summed E-state index contributed by atoms with van der Waals surface area (Å²) in [6.07, 6.45) is 3.13. The number of aryl methyl sites for hydroxylation is 2. The van der Waals surface area contributed by atoms with Crippen molar-refractivity contribution in [2.45, 2.75) is 32.2 Å². The first-order chi connectivity index (χ1) is 9.89. The number of rotatable bonds is 9. The van der Waals surface area contributed by atoms with Gasteiger partial charge in [-0.2, -0.15) is 4.31 Å². The molecule has 0 saturated carbocycles. The lowest BCUT2D eigenvalue weighted by molar-refractivity contribution is 0.465. The van der Waals surface area contributed by atoms with Crippen LogP contribution in [0.2, 0.25) is 0 Å². The lowest BCUT2D eigenvalue weighted by Gasteiger charge is -2.19. The Morgan fingerprint density at radius 3 is 2.24 bits per heavy atom. The third-order valence-corrected chi connectivity index (χ3v) is 5.17. The van der Waals surface area contributed by atoms with E-state index in [1.54, 1.807) is 26.0 Å². The fourth-order valence-corrected chi connectivity index (χ4v) is 3.98. The van der Waals surface area contributed by atoms with Crippen molar-refractivity contribution >= 4 is 10.0 Å². The molecule has 0 fully saturated rings. The Morgan fingerprint density at radius 2 is 1.76 bits per heavy atom. The van der Waals surface area contributed by atoms with Gasteiger partial charge in [0, 0.05) is 25.2 Å². The van der Waals surface area contributed by atoms with Crippen LogP contribution in [0.4, 0.5) is 0 Å². The lowest BCUT2D eigenvalue weighted by atomic mass is 10.2. The monoisotopic (exact) mass is 312 g/mol. The molecule has 6 heteroatoms. The lowest BCUT2D eigenvalue weighted by Crippen LogP contribution is -2.32. The van der Waals surface area contributed by atoms with Crippen LogP contribution < -0.4 is 5.32 Å². The predicted molar refractivity (Wildman–Crippen MR) is 84.7 cm³/mol. The first kappa shape index (κ1) is 17.7. The number of hydrogen-bond donors (Lipinski definition) is 1.